The molecule has 0 unspecified atom stereocenters. The maximum atomic E-state index is 12.2. The van der Waals surface area contributed by atoms with Crippen molar-refractivity contribution < 1.29 is 4.79 Å². The lowest BCUT2D eigenvalue weighted by molar-refractivity contribution is -0.132. The number of rotatable bonds is 5. The van der Waals surface area contributed by atoms with Crippen molar-refractivity contribution in [3.63, 3.8) is 0 Å². The third-order valence-electron chi connectivity index (χ3n) is 4.75. The summed E-state index contributed by atoms with van der Waals surface area (Å²) in [6.07, 6.45) is 7.31. The number of carbonyl (C=O) groups excluding carboxylic acids is 1. The van der Waals surface area contributed by atoms with Crippen LogP contribution < -0.4 is 0 Å². The van der Waals surface area contributed by atoms with Crippen LogP contribution in [0.15, 0.2) is 22.6 Å². The smallest absolute Gasteiger partial charge is 0.222 e. The molecule has 1 fully saturated rings. The summed E-state index contributed by atoms with van der Waals surface area (Å²) in [5.41, 5.74) is -0.131. The monoisotopic (exact) mass is 289 g/mol. The van der Waals surface area contributed by atoms with Crippen molar-refractivity contribution >= 4 is 5.91 Å². The highest BCUT2D eigenvalue weighted by Gasteiger charge is 2.44. The second-order valence-corrected chi connectivity index (χ2v) is 6.22. The summed E-state index contributed by atoms with van der Waals surface area (Å²) >= 11 is 0. The lowest BCUT2D eigenvalue weighted by Crippen LogP contribution is -2.41. The molecule has 1 saturated heterocycles. The number of carbonyl (C=O) groups is 1. The van der Waals surface area contributed by atoms with Gasteiger partial charge in [0.15, 0.2) is 5.66 Å². The average molecular weight is 289 g/mol. The van der Waals surface area contributed by atoms with Crippen LogP contribution in [-0.2, 0) is 11.3 Å². The van der Waals surface area contributed by atoms with Gasteiger partial charge in [-0.3, -0.25) is 4.79 Å². The summed E-state index contributed by atoms with van der Waals surface area (Å²) in [6, 6.07) is 0. The van der Waals surface area contributed by atoms with Crippen LogP contribution in [0.3, 0.4) is 0 Å². The topological polar surface area (TPSA) is 62.9 Å². The van der Waals surface area contributed by atoms with Crippen molar-refractivity contribution in [1.82, 2.24) is 14.5 Å². The lowest BCUT2D eigenvalue weighted by atomic mass is 9.88. The molecule has 1 aromatic heterocycles. The first kappa shape index (κ1) is 14.2. The molecule has 114 valence electrons. The number of hydrogen-bond donors (Lipinski definition) is 0. The van der Waals surface area contributed by atoms with Gasteiger partial charge in [-0.15, -0.1) is 0 Å². The van der Waals surface area contributed by atoms with Crippen molar-refractivity contribution in [2.75, 3.05) is 13.1 Å². The van der Waals surface area contributed by atoms with E-state index in [-0.39, 0.29) is 11.6 Å². The maximum Gasteiger partial charge on any atom is 0.222 e. The van der Waals surface area contributed by atoms with Crippen LogP contribution in [0.4, 0.5) is 0 Å². The second-order valence-electron chi connectivity index (χ2n) is 6.22. The van der Waals surface area contributed by atoms with Crippen LogP contribution in [0.2, 0.25) is 0 Å². The number of likely N-dealkylation sites (tertiary alicyclic amines) is 1. The third kappa shape index (κ3) is 3.14. The van der Waals surface area contributed by atoms with E-state index in [9.17, 15) is 4.79 Å². The van der Waals surface area contributed by atoms with Gasteiger partial charge in [0, 0.05) is 44.4 Å². The zero-order valence-electron chi connectivity index (χ0n) is 12.8. The molecule has 0 N–H and O–H groups in total. The Morgan fingerprint density at radius 3 is 2.67 bits per heavy atom. The van der Waals surface area contributed by atoms with Crippen molar-refractivity contribution in [3.8, 4) is 0 Å². The van der Waals surface area contributed by atoms with E-state index >= 15 is 0 Å². The number of imidazole rings is 1. The van der Waals surface area contributed by atoms with Crippen LogP contribution in [-0.4, -0.2) is 39.1 Å². The largest absolute Gasteiger partial charge is 0.343 e. The van der Waals surface area contributed by atoms with E-state index in [1.54, 1.807) is 6.20 Å². The standard InChI is InChI=1S/C15H23N5O/c1-12-16-7-11-19(12)8-3-4-14(21)20-9-5-13(6-10-20)15(2)17-18-15/h7,11,13H,3-6,8-10H2,1-2H3. The van der Waals surface area contributed by atoms with Gasteiger partial charge in [0.25, 0.3) is 0 Å². The van der Waals surface area contributed by atoms with Gasteiger partial charge >= 0.3 is 0 Å². The molecule has 3 heterocycles. The normalized spacial score (nSPS) is 20.8. The van der Waals surface area contributed by atoms with Gasteiger partial charge in [-0.1, -0.05) is 0 Å². The first-order valence-corrected chi connectivity index (χ1v) is 7.78. The number of nitrogens with zero attached hydrogens (tertiary/aromatic N) is 5. The van der Waals surface area contributed by atoms with Crippen molar-refractivity contribution in [3.05, 3.63) is 18.2 Å². The minimum atomic E-state index is -0.131. The van der Waals surface area contributed by atoms with Gasteiger partial charge in [0.05, 0.1) is 0 Å². The predicted octanol–water partition coefficient (Wildman–Crippen LogP) is 2.39. The molecule has 2 aliphatic heterocycles. The predicted molar refractivity (Wildman–Crippen MR) is 78.8 cm³/mol. The highest BCUT2D eigenvalue weighted by Crippen LogP contribution is 2.41. The fourth-order valence-corrected chi connectivity index (χ4v) is 3.12. The molecule has 6 heteroatoms. The zero-order chi connectivity index (χ0) is 14.9. The molecule has 0 atom stereocenters. The van der Waals surface area contributed by atoms with E-state index in [1.807, 2.05) is 18.0 Å². The summed E-state index contributed by atoms with van der Waals surface area (Å²) < 4.78 is 2.09. The molecule has 0 bridgehead atoms. The third-order valence-corrected chi connectivity index (χ3v) is 4.75. The van der Waals surface area contributed by atoms with Crippen molar-refractivity contribution in [1.29, 1.82) is 0 Å². The Labute approximate surface area is 125 Å². The number of aryl methyl sites for hydroxylation is 2. The molecule has 0 radical (unpaired) electrons. The molecule has 0 saturated carbocycles. The fraction of sp³-hybridized carbons (Fsp3) is 0.733. The van der Waals surface area contributed by atoms with Gasteiger partial charge in [0.1, 0.15) is 5.82 Å². The molecule has 6 nitrogen and oxygen atoms in total. The van der Waals surface area contributed by atoms with Crippen LogP contribution >= 0.6 is 0 Å². The first-order valence-electron chi connectivity index (χ1n) is 7.78. The van der Waals surface area contributed by atoms with Crippen LogP contribution in [0.1, 0.15) is 38.4 Å². The summed E-state index contributed by atoms with van der Waals surface area (Å²) in [7, 11) is 0. The van der Waals surface area contributed by atoms with E-state index in [4.69, 9.17) is 0 Å². The Kier molecular flexibility index (Phi) is 3.78. The molecule has 21 heavy (non-hydrogen) atoms. The minimum absolute atomic E-state index is 0.131. The summed E-state index contributed by atoms with van der Waals surface area (Å²) in [4.78, 5) is 18.4. The Morgan fingerprint density at radius 1 is 1.38 bits per heavy atom. The fourth-order valence-electron chi connectivity index (χ4n) is 3.12. The molecule has 0 aromatic carbocycles. The molecular formula is C15H23N5O. The quantitative estimate of drug-likeness (QED) is 0.835. The summed E-state index contributed by atoms with van der Waals surface area (Å²) in [6.45, 7) is 6.65. The van der Waals surface area contributed by atoms with E-state index in [2.05, 4.69) is 26.7 Å². The van der Waals surface area contributed by atoms with Crippen LogP contribution in [0, 0.1) is 12.8 Å². The molecular weight excluding hydrogens is 266 g/mol. The van der Waals surface area contributed by atoms with Crippen LogP contribution in [0.5, 0.6) is 0 Å². The van der Waals surface area contributed by atoms with Gasteiger partial charge < -0.3 is 9.47 Å². The van der Waals surface area contributed by atoms with E-state index < -0.39 is 0 Å². The van der Waals surface area contributed by atoms with Gasteiger partial charge in [-0.25, -0.2) is 4.98 Å². The van der Waals surface area contributed by atoms with E-state index in [0.717, 1.165) is 44.7 Å². The number of amides is 1. The van der Waals surface area contributed by atoms with Gasteiger partial charge in [0.2, 0.25) is 5.91 Å². The summed E-state index contributed by atoms with van der Waals surface area (Å²) in [5, 5.41) is 8.25. The molecule has 2 aliphatic rings. The van der Waals surface area contributed by atoms with Gasteiger partial charge in [-0.2, -0.15) is 10.2 Å². The number of hydrogen-bond acceptors (Lipinski definition) is 4. The Hall–Kier alpha value is -1.72. The van der Waals surface area contributed by atoms with E-state index in [1.165, 1.54) is 0 Å². The Balaban J connectivity index is 1.39. The zero-order valence-corrected chi connectivity index (χ0v) is 12.8. The SMILES string of the molecule is Cc1nccn1CCCC(=O)N1CCC(C2(C)N=N2)CC1. The first-order chi connectivity index (χ1) is 10.1. The Morgan fingerprint density at radius 2 is 2.10 bits per heavy atom. The molecule has 3 rings (SSSR count). The van der Waals surface area contributed by atoms with Crippen molar-refractivity contribution in [2.24, 2.45) is 16.1 Å². The molecule has 1 amide bonds. The lowest BCUT2D eigenvalue weighted by Gasteiger charge is -2.33. The second kappa shape index (κ2) is 5.58. The minimum Gasteiger partial charge on any atom is -0.343 e. The average Bonchev–Trinajstić information content (AvgIpc) is 3.12. The highest BCUT2D eigenvalue weighted by molar-refractivity contribution is 5.76. The maximum absolute atomic E-state index is 12.2. The summed E-state index contributed by atoms with van der Waals surface area (Å²) in [5.74, 6) is 1.81. The number of aromatic nitrogens is 2. The van der Waals surface area contributed by atoms with Crippen LogP contribution in [0.25, 0.3) is 0 Å². The van der Waals surface area contributed by atoms with Gasteiger partial charge in [-0.05, 0) is 33.1 Å². The molecule has 1 aromatic rings. The molecule has 0 aliphatic carbocycles. The van der Waals surface area contributed by atoms with Crippen molar-refractivity contribution in [2.45, 2.75) is 51.7 Å². The molecule has 0 spiro atoms. The highest BCUT2D eigenvalue weighted by atomic mass is 16.2. The van der Waals surface area contributed by atoms with E-state index in [0.29, 0.717) is 12.3 Å². The number of piperidine rings is 1. The Bertz CT molecular complexity index is 536.